The number of hydrogen-bond donors (Lipinski definition) is 2. The first kappa shape index (κ1) is 28.5. The number of carbonyl (C=O) groups excluding carboxylic acids is 3. The Labute approximate surface area is 231 Å². The number of nitrogens with one attached hydrogen (secondary N) is 2. The highest BCUT2D eigenvalue weighted by molar-refractivity contribution is 6.07. The van der Waals surface area contributed by atoms with Gasteiger partial charge in [-0.3, -0.25) is 9.59 Å². The molecule has 2 N–H and O–H groups in total. The fourth-order valence-corrected chi connectivity index (χ4v) is 4.80. The smallest absolute Gasteiger partial charge is 0.275 e. The van der Waals surface area contributed by atoms with Crippen LogP contribution >= 0.6 is 0 Å². The third-order valence-corrected chi connectivity index (χ3v) is 6.51. The van der Waals surface area contributed by atoms with E-state index < -0.39 is 35.8 Å². The number of halogens is 2. The zero-order chi connectivity index (χ0) is 28.9. The molecule has 7 nitrogen and oxygen atoms in total. The van der Waals surface area contributed by atoms with Crippen LogP contribution in [0, 0.1) is 0 Å². The molecule has 4 rings (SSSR count). The molecule has 1 heterocycles. The number of anilines is 2. The molecule has 0 aromatic heterocycles. The quantitative estimate of drug-likeness (QED) is 0.374. The van der Waals surface area contributed by atoms with Crippen molar-refractivity contribution in [1.82, 2.24) is 5.32 Å². The van der Waals surface area contributed by atoms with Crippen molar-refractivity contribution in [2.24, 2.45) is 0 Å². The van der Waals surface area contributed by atoms with E-state index in [2.05, 4.69) is 10.6 Å². The number of fused-ring (bicyclic) bond motifs is 1. The Morgan fingerprint density at radius 1 is 1.15 bits per heavy atom. The number of rotatable bonds is 7. The van der Waals surface area contributed by atoms with Crippen molar-refractivity contribution in [3.63, 3.8) is 0 Å². The topological polar surface area (TPSA) is 87.7 Å². The van der Waals surface area contributed by atoms with Crippen LogP contribution in [-0.2, 0) is 19.1 Å². The lowest BCUT2D eigenvalue weighted by molar-refractivity contribution is -0.117. The lowest BCUT2D eigenvalue weighted by Gasteiger charge is -2.34. The highest BCUT2D eigenvalue weighted by Crippen LogP contribution is 2.45. The number of nitrogens with zero attached hydrogens (tertiary/aromatic N) is 1. The maximum Gasteiger partial charge on any atom is 0.275 e. The lowest BCUT2D eigenvalue weighted by Crippen LogP contribution is -2.40. The molecule has 0 saturated carbocycles. The fourth-order valence-electron chi connectivity index (χ4n) is 4.80. The van der Waals surface area contributed by atoms with Crippen LogP contribution in [0.15, 0.2) is 89.7 Å². The second kappa shape index (κ2) is 12.1. The Morgan fingerprint density at radius 3 is 2.52 bits per heavy atom. The summed E-state index contributed by atoms with van der Waals surface area (Å²) < 4.78 is 36.8. The van der Waals surface area contributed by atoms with E-state index >= 15 is 8.78 Å². The Hall–Kier alpha value is -4.49. The van der Waals surface area contributed by atoms with Crippen molar-refractivity contribution < 1.29 is 27.9 Å². The summed E-state index contributed by atoms with van der Waals surface area (Å²) in [5.74, 6) is -2.46. The van der Waals surface area contributed by atoms with Gasteiger partial charge in [-0.1, -0.05) is 42.5 Å². The number of allylic oxidation sites excluding steroid dienone is 1. The number of ether oxygens (including phenoxy) is 1. The van der Waals surface area contributed by atoms with Crippen molar-refractivity contribution >= 4 is 34.7 Å². The van der Waals surface area contributed by atoms with Crippen LogP contribution in [-0.4, -0.2) is 48.9 Å². The van der Waals surface area contributed by atoms with Gasteiger partial charge in [0.2, 0.25) is 5.91 Å². The van der Waals surface area contributed by atoms with Gasteiger partial charge in [-0.2, -0.15) is 0 Å². The van der Waals surface area contributed by atoms with Crippen LogP contribution < -0.4 is 15.5 Å². The van der Waals surface area contributed by atoms with Crippen LogP contribution in [0.1, 0.15) is 32.8 Å². The zero-order valence-electron chi connectivity index (χ0n) is 22.5. The number of carbonyl (C=O) groups is 2. The average molecular weight is 548 g/mol. The van der Waals surface area contributed by atoms with Gasteiger partial charge in [0, 0.05) is 47.6 Å². The maximum absolute atomic E-state index is 15.5. The van der Waals surface area contributed by atoms with E-state index in [0.717, 1.165) is 6.08 Å². The molecule has 0 bridgehead atoms. The van der Waals surface area contributed by atoms with Gasteiger partial charge in [0.25, 0.3) is 11.8 Å². The second-order valence-corrected chi connectivity index (χ2v) is 9.70. The summed E-state index contributed by atoms with van der Waals surface area (Å²) in [6, 6.07) is 14.3. The summed E-state index contributed by atoms with van der Waals surface area (Å²) in [7, 11) is 0. The average Bonchev–Trinajstić information content (AvgIpc) is 3.02. The molecule has 208 valence electrons. The molecule has 2 aromatic carbocycles. The van der Waals surface area contributed by atoms with Gasteiger partial charge in [-0.15, -0.1) is 0 Å². The summed E-state index contributed by atoms with van der Waals surface area (Å²) >= 11 is 0. The number of alkyl halides is 2. The minimum atomic E-state index is -3.32. The molecule has 1 unspecified atom stereocenters. The minimum absolute atomic E-state index is 0.0191. The second-order valence-electron chi connectivity index (χ2n) is 9.70. The molecular weight excluding hydrogens is 516 g/mol. The van der Waals surface area contributed by atoms with Crippen molar-refractivity contribution in [3.8, 4) is 0 Å². The van der Waals surface area contributed by atoms with Crippen LogP contribution in [0.5, 0.6) is 0 Å². The first-order valence-corrected chi connectivity index (χ1v) is 13.1. The van der Waals surface area contributed by atoms with E-state index in [-0.39, 0.29) is 41.7 Å². The summed E-state index contributed by atoms with van der Waals surface area (Å²) in [6.07, 6.45) is 3.49. The maximum atomic E-state index is 15.5. The number of benzene rings is 2. The standard InChI is InChI=1S/C31H31F2N3O4/c1-4-40-29-23(30(39)35-21-10-6-5-7-11-21)14-15-27(24(29)19-37)36-17-16-31(32,33)25(18-28(38)34-20(2)3)22-12-8-9-13-26(22)36/h5-15,18,20,27H,4,16-17H2,1-3H3,(H,34,38)(H,35,39). The first-order chi connectivity index (χ1) is 19.2. The summed E-state index contributed by atoms with van der Waals surface area (Å²) in [5, 5.41) is 5.42. The van der Waals surface area contributed by atoms with E-state index in [1.807, 2.05) is 12.0 Å². The van der Waals surface area contributed by atoms with E-state index in [0.29, 0.717) is 11.4 Å². The molecule has 0 spiro atoms. The molecule has 0 fully saturated rings. The molecule has 2 amide bonds. The lowest BCUT2D eigenvalue weighted by atomic mass is 9.93. The SMILES string of the molecule is CCOC1=C(C(=O)Nc2ccccc2)C=CC(N2CCC(F)(F)C(=CC(=O)NC(C)C)c3ccccc32)C1=C=O. The largest absolute Gasteiger partial charge is 0.492 e. The number of amides is 2. The van der Waals surface area contributed by atoms with Gasteiger partial charge in [0.1, 0.15) is 17.3 Å². The Morgan fingerprint density at radius 2 is 1.85 bits per heavy atom. The molecule has 40 heavy (non-hydrogen) atoms. The van der Waals surface area contributed by atoms with E-state index in [9.17, 15) is 14.4 Å². The molecule has 9 heteroatoms. The van der Waals surface area contributed by atoms with Crippen molar-refractivity contribution in [2.45, 2.75) is 45.2 Å². The van der Waals surface area contributed by atoms with E-state index in [1.54, 1.807) is 74.2 Å². The third kappa shape index (κ3) is 6.05. The Kier molecular flexibility index (Phi) is 8.65. The highest BCUT2D eigenvalue weighted by atomic mass is 19.3. The van der Waals surface area contributed by atoms with Crippen LogP contribution in [0.25, 0.3) is 5.57 Å². The predicted octanol–water partition coefficient (Wildman–Crippen LogP) is 5.07. The molecule has 2 aliphatic rings. The normalized spacial score (nSPS) is 19.1. The molecule has 0 saturated heterocycles. The number of para-hydroxylation sites is 2. The molecule has 1 aliphatic heterocycles. The molecule has 1 atom stereocenters. The highest BCUT2D eigenvalue weighted by Gasteiger charge is 2.43. The van der Waals surface area contributed by atoms with E-state index in [1.165, 1.54) is 12.1 Å². The zero-order valence-corrected chi connectivity index (χ0v) is 22.5. The monoisotopic (exact) mass is 547 g/mol. The van der Waals surface area contributed by atoms with Crippen LogP contribution in [0.3, 0.4) is 0 Å². The molecule has 2 aromatic rings. The van der Waals surface area contributed by atoms with Gasteiger partial charge in [-0.05, 0) is 45.0 Å². The summed E-state index contributed by atoms with van der Waals surface area (Å²) in [6.45, 7) is 5.24. The van der Waals surface area contributed by atoms with Gasteiger partial charge in [-0.25, -0.2) is 13.6 Å². The van der Waals surface area contributed by atoms with Gasteiger partial charge in [0.15, 0.2) is 0 Å². The van der Waals surface area contributed by atoms with Crippen LogP contribution in [0.2, 0.25) is 0 Å². The molecule has 1 aliphatic carbocycles. The first-order valence-electron chi connectivity index (χ1n) is 13.1. The minimum Gasteiger partial charge on any atom is -0.492 e. The van der Waals surface area contributed by atoms with Crippen molar-refractivity contribution in [3.05, 3.63) is 95.3 Å². The third-order valence-electron chi connectivity index (χ3n) is 6.51. The van der Waals surface area contributed by atoms with Gasteiger partial charge in [0.05, 0.1) is 18.2 Å². The molecular formula is C31H31F2N3O4. The van der Waals surface area contributed by atoms with Crippen molar-refractivity contribution in [1.29, 1.82) is 0 Å². The van der Waals surface area contributed by atoms with E-state index in [4.69, 9.17) is 4.74 Å². The summed E-state index contributed by atoms with van der Waals surface area (Å²) in [4.78, 5) is 39.7. The fraction of sp³-hybridized carbons (Fsp3) is 0.290. The van der Waals surface area contributed by atoms with Crippen molar-refractivity contribution in [2.75, 3.05) is 23.4 Å². The van der Waals surface area contributed by atoms with Crippen LogP contribution in [0.4, 0.5) is 20.2 Å². The predicted molar refractivity (Wildman–Crippen MR) is 150 cm³/mol. The summed E-state index contributed by atoms with van der Waals surface area (Å²) in [5.41, 5.74) is 0.900. The Balaban J connectivity index is 1.76. The Bertz CT molecular complexity index is 1420. The van der Waals surface area contributed by atoms with Gasteiger partial charge < -0.3 is 20.3 Å². The molecule has 0 radical (unpaired) electrons. The number of hydrogen-bond acceptors (Lipinski definition) is 5. The van der Waals surface area contributed by atoms with Gasteiger partial charge >= 0.3 is 0 Å².